The fourth-order valence-electron chi connectivity index (χ4n) is 4.94. The van der Waals surface area contributed by atoms with Crippen LogP contribution in [0.2, 0.25) is 0 Å². The first kappa shape index (κ1) is 19.2. The van der Waals surface area contributed by atoms with Gasteiger partial charge in [0.15, 0.2) is 0 Å². The van der Waals surface area contributed by atoms with Gasteiger partial charge in [0.25, 0.3) is 0 Å². The van der Waals surface area contributed by atoms with Gasteiger partial charge in [-0.1, -0.05) is 18.2 Å². The van der Waals surface area contributed by atoms with Crippen LogP contribution in [0.1, 0.15) is 32.1 Å². The van der Waals surface area contributed by atoms with Crippen LogP contribution in [0, 0.1) is 17.8 Å². The van der Waals surface area contributed by atoms with Crippen molar-refractivity contribution >= 4 is 17.5 Å². The van der Waals surface area contributed by atoms with E-state index in [1.807, 2.05) is 23.1 Å². The normalized spacial score (nSPS) is 30.8. The molecule has 0 aromatic heterocycles. The van der Waals surface area contributed by atoms with Crippen LogP contribution in [0.3, 0.4) is 0 Å². The van der Waals surface area contributed by atoms with Gasteiger partial charge in [0, 0.05) is 31.9 Å². The van der Waals surface area contributed by atoms with Gasteiger partial charge in [-0.3, -0.25) is 14.8 Å². The average Bonchev–Trinajstić information content (AvgIpc) is 3.59. The fourth-order valence-corrected chi connectivity index (χ4v) is 4.94. The summed E-state index contributed by atoms with van der Waals surface area (Å²) in [6, 6.07) is 10.1. The Balaban J connectivity index is 1.41. The molecule has 7 heteroatoms. The minimum atomic E-state index is -0.875. The Morgan fingerprint density at radius 2 is 1.68 bits per heavy atom. The molecule has 3 aliphatic rings. The number of anilines is 1. The van der Waals surface area contributed by atoms with Crippen molar-refractivity contribution in [3.8, 4) is 0 Å². The highest BCUT2D eigenvalue weighted by Crippen LogP contribution is 2.50. The maximum Gasteiger partial charge on any atom is 0.247 e. The molecule has 7 nitrogen and oxygen atoms in total. The van der Waals surface area contributed by atoms with Crippen molar-refractivity contribution in [3.05, 3.63) is 30.3 Å². The summed E-state index contributed by atoms with van der Waals surface area (Å²) in [6.07, 6.45) is 3.24. The zero-order valence-electron chi connectivity index (χ0n) is 16.1. The molecule has 1 aliphatic heterocycles. The number of para-hydroxylation sites is 1. The molecule has 3 atom stereocenters. The molecule has 0 unspecified atom stereocenters. The number of hydrogen-bond acceptors (Lipinski definition) is 5. The highest BCUT2D eigenvalue weighted by molar-refractivity contribution is 5.87. The highest BCUT2D eigenvalue weighted by Gasteiger charge is 2.52. The van der Waals surface area contributed by atoms with Crippen molar-refractivity contribution in [2.75, 3.05) is 31.1 Å². The van der Waals surface area contributed by atoms with E-state index in [0.29, 0.717) is 25.9 Å². The van der Waals surface area contributed by atoms with E-state index in [2.05, 4.69) is 17.0 Å². The van der Waals surface area contributed by atoms with E-state index in [-0.39, 0.29) is 18.2 Å². The third kappa shape index (κ3) is 3.73. The van der Waals surface area contributed by atoms with E-state index >= 15 is 0 Å². The number of piperazine rings is 1. The molecule has 2 saturated carbocycles. The van der Waals surface area contributed by atoms with E-state index < -0.39 is 23.3 Å². The van der Waals surface area contributed by atoms with Gasteiger partial charge >= 0.3 is 0 Å². The zero-order valence-corrected chi connectivity index (χ0v) is 16.1. The number of hydrogen-bond donors (Lipinski definition) is 3. The molecule has 152 valence electrons. The number of amides is 2. The largest absolute Gasteiger partial charge is 0.390 e. The summed E-state index contributed by atoms with van der Waals surface area (Å²) < 4.78 is 0. The Bertz CT molecular complexity index is 716. The fraction of sp³-hybridized carbons (Fsp3) is 0.619. The number of rotatable bonds is 4. The Morgan fingerprint density at radius 1 is 1.00 bits per heavy atom. The Labute approximate surface area is 165 Å². The zero-order chi connectivity index (χ0) is 19.7. The lowest BCUT2D eigenvalue weighted by Crippen LogP contribution is -2.55. The molecule has 2 aliphatic carbocycles. The topological polar surface area (TPSA) is 93.1 Å². The Kier molecular flexibility index (Phi) is 5.29. The van der Waals surface area contributed by atoms with Crippen molar-refractivity contribution in [2.45, 2.75) is 37.7 Å². The summed E-state index contributed by atoms with van der Waals surface area (Å²) in [5, 5.41) is 20.1. The van der Waals surface area contributed by atoms with Crippen molar-refractivity contribution in [2.24, 2.45) is 17.8 Å². The summed E-state index contributed by atoms with van der Waals surface area (Å²) in [7, 11) is 0. The highest BCUT2D eigenvalue weighted by atomic mass is 16.5. The van der Waals surface area contributed by atoms with Gasteiger partial charge in [0.2, 0.25) is 11.8 Å². The lowest BCUT2D eigenvalue weighted by molar-refractivity contribution is -0.154. The van der Waals surface area contributed by atoms with E-state index in [1.165, 1.54) is 0 Å². The number of aliphatic hydroxyl groups is 1. The smallest absolute Gasteiger partial charge is 0.247 e. The summed E-state index contributed by atoms with van der Waals surface area (Å²) in [5.41, 5.74) is 2.00. The predicted molar refractivity (Wildman–Crippen MR) is 104 cm³/mol. The van der Waals surface area contributed by atoms with Gasteiger partial charge in [-0.25, -0.2) is 5.48 Å². The Hall–Kier alpha value is -2.12. The van der Waals surface area contributed by atoms with Crippen LogP contribution in [-0.2, 0) is 9.59 Å². The molecule has 3 N–H and O–H groups in total. The van der Waals surface area contributed by atoms with Gasteiger partial charge in [0.05, 0.1) is 17.4 Å². The standard InChI is InChI=1S/C21H29N3O4/c25-19(22-28)18-14-21(27,15-6-7-15)9-8-17(18)20(26)24-12-10-23(11-13-24)16-4-2-1-3-5-16/h1-5,15,17-18,27-28H,6-14H2,(H,22,25)/t17-,18-,21+/m0/s1. The van der Waals surface area contributed by atoms with Crippen molar-refractivity contribution in [1.82, 2.24) is 10.4 Å². The quantitative estimate of drug-likeness (QED) is 0.536. The second kappa shape index (κ2) is 7.72. The minimum absolute atomic E-state index is 0.0286. The maximum absolute atomic E-state index is 13.2. The second-order valence-corrected chi connectivity index (χ2v) is 8.46. The lowest BCUT2D eigenvalue weighted by atomic mass is 9.69. The van der Waals surface area contributed by atoms with Crippen LogP contribution in [-0.4, -0.2) is 58.8 Å². The van der Waals surface area contributed by atoms with Crippen LogP contribution < -0.4 is 10.4 Å². The summed E-state index contributed by atoms with van der Waals surface area (Å²) in [4.78, 5) is 29.6. The molecule has 28 heavy (non-hydrogen) atoms. The molecular weight excluding hydrogens is 358 g/mol. The predicted octanol–water partition coefficient (Wildman–Crippen LogP) is 1.40. The number of carbonyl (C=O) groups excluding carboxylic acids is 2. The summed E-state index contributed by atoms with van der Waals surface area (Å²) >= 11 is 0. The molecule has 0 radical (unpaired) electrons. The molecule has 4 rings (SSSR count). The summed E-state index contributed by atoms with van der Waals surface area (Å²) in [6.45, 7) is 2.74. The Morgan fingerprint density at radius 3 is 2.29 bits per heavy atom. The van der Waals surface area contributed by atoms with Crippen LogP contribution in [0.15, 0.2) is 30.3 Å². The maximum atomic E-state index is 13.2. The lowest BCUT2D eigenvalue weighted by Gasteiger charge is -2.43. The molecule has 1 heterocycles. The second-order valence-electron chi connectivity index (χ2n) is 8.46. The van der Waals surface area contributed by atoms with Gasteiger partial charge in [-0.15, -0.1) is 0 Å². The summed E-state index contributed by atoms with van der Waals surface area (Å²) in [5.74, 6) is -1.51. The molecular formula is C21H29N3O4. The van der Waals surface area contributed by atoms with E-state index in [0.717, 1.165) is 31.6 Å². The molecule has 1 aromatic rings. The molecule has 1 aromatic carbocycles. The monoisotopic (exact) mass is 387 g/mol. The molecule has 1 saturated heterocycles. The first-order valence-corrected chi connectivity index (χ1v) is 10.3. The number of carbonyl (C=O) groups is 2. The molecule has 2 amide bonds. The number of nitrogens with one attached hydrogen (secondary N) is 1. The van der Waals surface area contributed by atoms with Crippen molar-refractivity contribution < 1.29 is 19.9 Å². The molecule has 0 bridgehead atoms. The third-order valence-electron chi connectivity index (χ3n) is 6.76. The van der Waals surface area contributed by atoms with Crippen molar-refractivity contribution in [1.29, 1.82) is 0 Å². The van der Waals surface area contributed by atoms with Crippen LogP contribution in [0.5, 0.6) is 0 Å². The van der Waals surface area contributed by atoms with Crippen molar-refractivity contribution in [3.63, 3.8) is 0 Å². The van der Waals surface area contributed by atoms with Crippen LogP contribution in [0.25, 0.3) is 0 Å². The van der Waals surface area contributed by atoms with Gasteiger partial charge in [-0.2, -0.15) is 0 Å². The minimum Gasteiger partial charge on any atom is -0.390 e. The van der Waals surface area contributed by atoms with E-state index in [1.54, 1.807) is 5.48 Å². The van der Waals surface area contributed by atoms with Crippen LogP contribution >= 0.6 is 0 Å². The average molecular weight is 387 g/mol. The number of benzene rings is 1. The van der Waals surface area contributed by atoms with Gasteiger partial charge in [-0.05, 0) is 50.2 Å². The van der Waals surface area contributed by atoms with E-state index in [4.69, 9.17) is 5.21 Å². The SMILES string of the molecule is O=C(NO)[C@H]1C[C@@](O)(C2CC2)CC[C@@H]1C(=O)N1CCN(c2ccccc2)CC1. The number of hydroxylamine groups is 1. The van der Waals surface area contributed by atoms with Gasteiger partial charge in [0.1, 0.15) is 0 Å². The van der Waals surface area contributed by atoms with E-state index in [9.17, 15) is 14.7 Å². The van der Waals surface area contributed by atoms with Gasteiger partial charge < -0.3 is 14.9 Å². The first-order chi connectivity index (χ1) is 13.5. The molecule has 3 fully saturated rings. The number of nitrogens with zero attached hydrogens (tertiary/aromatic N) is 2. The molecule has 0 spiro atoms. The third-order valence-corrected chi connectivity index (χ3v) is 6.76. The van der Waals surface area contributed by atoms with Crippen LogP contribution in [0.4, 0.5) is 5.69 Å². The first-order valence-electron chi connectivity index (χ1n) is 10.3.